The van der Waals surface area contributed by atoms with Crippen LogP contribution in [-0.4, -0.2) is 50.9 Å². The summed E-state index contributed by atoms with van der Waals surface area (Å²) in [4.78, 5) is 21.2. The number of sulfonamides is 1. The van der Waals surface area contributed by atoms with E-state index >= 15 is 0 Å². The summed E-state index contributed by atoms with van der Waals surface area (Å²) in [5, 5.41) is 24.6. The highest BCUT2D eigenvalue weighted by Crippen LogP contribution is 2.32. The van der Waals surface area contributed by atoms with Crippen LogP contribution in [0.3, 0.4) is 0 Å². The number of pyridine rings is 1. The number of hydrogen-bond donors (Lipinski definition) is 3. The Bertz CT molecular complexity index is 1740. The number of benzene rings is 1. The number of hydrogen-bond acceptors (Lipinski definition) is 9. The minimum Gasteiger partial charge on any atom is -0.477 e. The van der Waals surface area contributed by atoms with E-state index in [0.717, 1.165) is 12.0 Å². The number of nitrogens with zero attached hydrogens (tertiary/aromatic N) is 4. The van der Waals surface area contributed by atoms with Crippen LogP contribution in [0.25, 0.3) is 11.3 Å². The second kappa shape index (κ2) is 12.7. The summed E-state index contributed by atoms with van der Waals surface area (Å²) in [7, 11) is -4.12. The Morgan fingerprint density at radius 3 is 2.53 bits per heavy atom. The fourth-order valence-corrected chi connectivity index (χ4v) is 5.93. The number of ether oxygens (including phenoxy) is 1. The Labute approximate surface area is 250 Å². The van der Waals surface area contributed by atoms with Crippen LogP contribution in [0.15, 0.2) is 45.9 Å². The summed E-state index contributed by atoms with van der Waals surface area (Å²) >= 11 is 0. The highest BCUT2D eigenvalue weighted by atomic mass is 32.2. The number of rotatable bonds is 13. The molecule has 0 fully saturated rings. The number of carboxylic acids is 1. The van der Waals surface area contributed by atoms with Crippen LogP contribution in [0.2, 0.25) is 0 Å². The molecule has 3 aromatic heterocycles. The van der Waals surface area contributed by atoms with Crippen molar-refractivity contribution in [3.05, 3.63) is 76.1 Å². The smallest absolute Gasteiger partial charge is 0.354 e. The molecule has 3 heterocycles. The first-order valence-electron chi connectivity index (χ1n) is 13.9. The predicted molar refractivity (Wildman–Crippen MR) is 159 cm³/mol. The molecule has 0 aliphatic heterocycles. The Morgan fingerprint density at radius 1 is 1.19 bits per heavy atom. The lowest BCUT2D eigenvalue weighted by molar-refractivity contribution is 0.0602. The Kier molecular flexibility index (Phi) is 9.38. The van der Waals surface area contributed by atoms with Gasteiger partial charge in [-0.15, -0.1) is 0 Å². The molecule has 0 atom stereocenters. The number of aryl methyl sites for hydroxylation is 2. The number of nitrogens with one attached hydrogen (secondary N) is 1. The zero-order valence-electron chi connectivity index (χ0n) is 25.1. The van der Waals surface area contributed by atoms with Gasteiger partial charge in [0, 0.05) is 36.9 Å². The molecule has 230 valence electrons. The summed E-state index contributed by atoms with van der Waals surface area (Å²) in [6.45, 7) is 11.0. The van der Waals surface area contributed by atoms with E-state index in [4.69, 9.17) is 9.26 Å². The Balaban J connectivity index is 1.81. The van der Waals surface area contributed by atoms with Gasteiger partial charge in [0.2, 0.25) is 5.88 Å². The van der Waals surface area contributed by atoms with Gasteiger partial charge in [-0.25, -0.2) is 22.9 Å². The van der Waals surface area contributed by atoms with Crippen molar-refractivity contribution in [2.75, 3.05) is 11.3 Å². The zero-order valence-corrected chi connectivity index (χ0v) is 25.9. The lowest BCUT2D eigenvalue weighted by Gasteiger charge is -2.17. The molecule has 0 spiro atoms. The van der Waals surface area contributed by atoms with Gasteiger partial charge in [0.1, 0.15) is 22.0 Å². The molecular weight excluding hydrogens is 574 g/mol. The van der Waals surface area contributed by atoms with Gasteiger partial charge in [0.15, 0.2) is 5.69 Å². The van der Waals surface area contributed by atoms with Crippen molar-refractivity contribution in [3.63, 3.8) is 0 Å². The Hall–Kier alpha value is -4.07. The molecule has 0 unspecified atom stereocenters. The molecule has 4 aromatic rings. The summed E-state index contributed by atoms with van der Waals surface area (Å²) in [6, 6.07) is 8.39. The fourth-order valence-electron chi connectivity index (χ4n) is 4.71. The second-order valence-corrected chi connectivity index (χ2v) is 12.4. The standard InChI is InChI=1S/C30H37N5O7S/c1-7-10-24-32-27(30(5,6)38)26(29(36)37)35(24)16-20-12-13-22(21(15-20)17-41-8-2)25-23(11-9-14-31-25)43(39,40)34-28-18(3)19(4)33-42-28/h9,11-15,34,38H,7-8,10,16-17H2,1-6H3,(H,36,37). The minimum absolute atomic E-state index is 0.0278. The summed E-state index contributed by atoms with van der Waals surface area (Å²) < 4.78 is 42.0. The van der Waals surface area contributed by atoms with E-state index in [1.54, 1.807) is 30.5 Å². The van der Waals surface area contributed by atoms with E-state index in [2.05, 4.69) is 19.8 Å². The Morgan fingerprint density at radius 2 is 1.93 bits per heavy atom. The lowest BCUT2D eigenvalue weighted by Crippen LogP contribution is -2.22. The molecule has 1 aromatic carbocycles. The van der Waals surface area contributed by atoms with Gasteiger partial charge in [0.05, 0.1) is 18.0 Å². The molecule has 0 aliphatic carbocycles. The molecule has 0 aliphatic rings. The van der Waals surface area contributed by atoms with E-state index in [0.29, 0.717) is 41.2 Å². The van der Waals surface area contributed by atoms with Gasteiger partial charge in [-0.2, -0.15) is 0 Å². The van der Waals surface area contributed by atoms with Crippen LogP contribution in [0.1, 0.15) is 78.5 Å². The molecule has 0 radical (unpaired) electrons. The molecule has 4 rings (SSSR count). The SMILES string of the molecule is CCCc1nc(C(C)(C)O)c(C(=O)O)n1Cc1ccc(-c2ncccc2S(=O)(=O)Nc2onc(C)c2C)c(COCC)c1. The van der Waals surface area contributed by atoms with Crippen LogP contribution in [0.4, 0.5) is 5.88 Å². The normalized spacial score (nSPS) is 12.1. The van der Waals surface area contributed by atoms with Gasteiger partial charge in [-0.1, -0.05) is 30.3 Å². The van der Waals surface area contributed by atoms with Crippen molar-refractivity contribution in [1.29, 1.82) is 0 Å². The van der Waals surface area contributed by atoms with E-state index in [1.165, 1.54) is 32.2 Å². The molecular formula is C30H37N5O7S. The van der Waals surface area contributed by atoms with Gasteiger partial charge in [-0.3, -0.25) is 4.98 Å². The number of aromatic nitrogens is 4. The monoisotopic (exact) mass is 611 g/mol. The van der Waals surface area contributed by atoms with Crippen LogP contribution in [0, 0.1) is 13.8 Å². The van der Waals surface area contributed by atoms with Crippen molar-refractivity contribution in [1.82, 2.24) is 19.7 Å². The number of carbonyl (C=O) groups is 1. The third-order valence-corrected chi connectivity index (χ3v) is 8.34. The maximum atomic E-state index is 13.5. The average Bonchev–Trinajstić information content (AvgIpc) is 3.47. The van der Waals surface area contributed by atoms with Crippen molar-refractivity contribution >= 4 is 21.9 Å². The molecule has 3 N–H and O–H groups in total. The van der Waals surface area contributed by atoms with E-state index < -0.39 is 21.6 Å². The average molecular weight is 612 g/mol. The van der Waals surface area contributed by atoms with Crippen molar-refractivity contribution in [2.24, 2.45) is 0 Å². The number of anilines is 1. The number of aromatic carboxylic acids is 1. The molecule has 0 saturated carbocycles. The molecule has 12 nitrogen and oxygen atoms in total. The topological polar surface area (TPSA) is 170 Å². The number of aliphatic hydroxyl groups is 1. The van der Waals surface area contributed by atoms with Gasteiger partial charge in [0.25, 0.3) is 10.0 Å². The third kappa shape index (κ3) is 6.79. The van der Waals surface area contributed by atoms with Crippen molar-refractivity contribution < 1.29 is 32.7 Å². The van der Waals surface area contributed by atoms with E-state index in [9.17, 15) is 23.4 Å². The van der Waals surface area contributed by atoms with Crippen LogP contribution >= 0.6 is 0 Å². The van der Waals surface area contributed by atoms with Crippen molar-refractivity contribution in [3.8, 4) is 11.3 Å². The highest BCUT2D eigenvalue weighted by Gasteiger charge is 2.32. The van der Waals surface area contributed by atoms with Crippen LogP contribution in [0.5, 0.6) is 0 Å². The van der Waals surface area contributed by atoms with Gasteiger partial charge in [-0.05, 0) is 64.3 Å². The highest BCUT2D eigenvalue weighted by molar-refractivity contribution is 7.92. The molecule has 0 amide bonds. The van der Waals surface area contributed by atoms with Crippen LogP contribution in [-0.2, 0) is 39.9 Å². The van der Waals surface area contributed by atoms with E-state index in [-0.39, 0.29) is 41.0 Å². The fraction of sp³-hybridized carbons (Fsp3) is 0.400. The van der Waals surface area contributed by atoms with Crippen molar-refractivity contribution in [2.45, 2.75) is 78.0 Å². The zero-order chi connectivity index (χ0) is 31.5. The maximum Gasteiger partial charge on any atom is 0.354 e. The number of carboxylic acid groups (broad SMARTS) is 1. The molecule has 13 heteroatoms. The van der Waals surface area contributed by atoms with Gasteiger partial charge >= 0.3 is 5.97 Å². The quantitative estimate of drug-likeness (QED) is 0.191. The predicted octanol–water partition coefficient (Wildman–Crippen LogP) is 4.81. The first-order chi connectivity index (χ1) is 20.3. The van der Waals surface area contributed by atoms with Crippen LogP contribution < -0.4 is 4.72 Å². The first kappa shape index (κ1) is 31.9. The maximum absolute atomic E-state index is 13.5. The van der Waals surface area contributed by atoms with Gasteiger partial charge < -0.3 is 24.0 Å². The third-order valence-electron chi connectivity index (χ3n) is 6.97. The largest absolute Gasteiger partial charge is 0.477 e. The molecule has 0 bridgehead atoms. The first-order valence-corrected chi connectivity index (χ1v) is 15.4. The second-order valence-electron chi connectivity index (χ2n) is 10.7. The summed E-state index contributed by atoms with van der Waals surface area (Å²) in [5.41, 5.74) is 1.88. The minimum atomic E-state index is -4.12. The summed E-state index contributed by atoms with van der Waals surface area (Å²) in [6.07, 6.45) is 2.76. The van der Waals surface area contributed by atoms with E-state index in [1.807, 2.05) is 19.9 Å². The molecule has 0 saturated heterocycles. The number of imidazole rings is 1. The lowest BCUT2D eigenvalue weighted by atomic mass is 10.0. The summed E-state index contributed by atoms with van der Waals surface area (Å²) in [5.74, 6) is -0.610. The molecule has 43 heavy (non-hydrogen) atoms.